The van der Waals surface area contributed by atoms with Crippen molar-refractivity contribution in [2.45, 2.75) is 38.4 Å². The molecule has 0 saturated heterocycles. The SMILES string of the molecule is [2H]c1ccc2cccc(NC(=O)c3c(C([2H])([2H])[2H])c([2H])c([2H])c([2H])c3C3([2H])CC4CCC3C4)c2n1. The number of para-hydroxylation sites is 1. The number of rotatable bonds is 3. The van der Waals surface area contributed by atoms with Crippen LogP contribution in [-0.2, 0) is 0 Å². The van der Waals surface area contributed by atoms with Crippen LogP contribution in [-0.4, -0.2) is 10.9 Å². The molecule has 0 spiro atoms. The average Bonchev–Trinajstić information content (AvgIpc) is 3.37. The van der Waals surface area contributed by atoms with Crippen LogP contribution in [0.25, 0.3) is 10.9 Å². The number of nitrogens with zero attached hydrogens (tertiary/aromatic N) is 1. The fraction of sp³-hybridized carbons (Fsp3) is 0.333. The Labute approximate surface area is 171 Å². The number of anilines is 1. The molecule has 3 unspecified atom stereocenters. The van der Waals surface area contributed by atoms with Crippen LogP contribution in [0.15, 0.2) is 54.6 Å². The number of benzene rings is 2. The third-order valence-electron chi connectivity index (χ3n) is 5.80. The number of pyridine rings is 1. The lowest BCUT2D eigenvalue weighted by molar-refractivity contribution is 0.102. The molecular formula is C24H24N2O. The van der Waals surface area contributed by atoms with E-state index in [-0.39, 0.29) is 34.8 Å². The van der Waals surface area contributed by atoms with Gasteiger partial charge in [0, 0.05) is 22.6 Å². The molecule has 1 heterocycles. The first-order chi connectivity index (χ1) is 16.4. The Morgan fingerprint density at radius 2 is 2.19 bits per heavy atom. The van der Waals surface area contributed by atoms with Crippen LogP contribution in [0.1, 0.15) is 64.0 Å². The summed E-state index contributed by atoms with van der Waals surface area (Å²) >= 11 is 0. The van der Waals surface area contributed by atoms with Gasteiger partial charge in [-0.1, -0.05) is 42.7 Å². The van der Waals surface area contributed by atoms with Gasteiger partial charge < -0.3 is 5.32 Å². The second kappa shape index (κ2) is 6.49. The minimum absolute atomic E-state index is 0.00407. The minimum atomic E-state index is -2.90. The van der Waals surface area contributed by atoms with Gasteiger partial charge in [0.05, 0.1) is 16.7 Å². The summed E-state index contributed by atoms with van der Waals surface area (Å²) in [6.45, 7) is -2.90. The van der Waals surface area contributed by atoms with Gasteiger partial charge in [-0.3, -0.25) is 9.78 Å². The standard InChI is InChI=1S/C24H24N2O/c1-15-5-2-8-19(20-14-16-10-11-18(20)13-16)22(15)24(27)26-21-9-3-6-17-7-4-12-25-23(17)21/h2-9,12,16,18,20H,10-11,13-14H2,1H3,(H,26,27)/i1D3,2D,5D,8D,12D,20D. The lowest BCUT2D eigenvalue weighted by Gasteiger charge is -2.25. The molecule has 0 aliphatic heterocycles. The zero-order valence-corrected chi connectivity index (χ0v) is 14.7. The molecule has 27 heavy (non-hydrogen) atoms. The molecule has 3 aromatic rings. The minimum Gasteiger partial charge on any atom is -0.320 e. The lowest BCUT2D eigenvalue weighted by atomic mass is 9.80. The van der Waals surface area contributed by atoms with Crippen molar-refractivity contribution >= 4 is 22.5 Å². The first kappa shape index (κ1) is 10.0. The highest BCUT2D eigenvalue weighted by Crippen LogP contribution is 2.53. The Balaban J connectivity index is 1.74. The summed E-state index contributed by atoms with van der Waals surface area (Å²) in [5.41, 5.74) is -0.444. The molecule has 2 bridgehead atoms. The van der Waals surface area contributed by atoms with Gasteiger partial charge in [0.15, 0.2) is 0 Å². The first-order valence-electron chi connectivity index (χ1n) is 13.2. The molecule has 3 heteroatoms. The van der Waals surface area contributed by atoms with Gasteiger partial charge in [0.25, 0.3) is 5.91 Å². The molecule has 2 aliphatic rings. The van der Waals surface area contributed by atoms with Crippen molar-refractivity contribution in [2.24, 2.45) is 11.8 Å². The van der Waals surface area contributed by atoms with Gasteiger partial charge in [-0.15, -0.1) is 0 Å². The highest BCUT2D eigenvalue weighted by molar-refractivity contribution is 6.09. The summed E-state index contributed by atoms with van der Waals surface area (Å²) in [7, 11) is 0. The van der Waals surface area contributed by atoms with Crippen LogP contribution >= 0.6 is 0 Å². The second-order valence-electron chi connectivity index (χ2n) is 7.38. The van der Waals surface area contributed by atoms with Gasteiger partial charge in [-0.2, -0.15) is 0 Å². The van der Waals surface area contributed by atoms with E-state index in [2.05, 4.69) is 10.3 Å². The summed E-state index contributed by atoms with van der Waals surface area (Å²) in [6.07, 6.45) is 2.85. The van der Waals surface area contributed by atoms with E-state index >= 15 is 0 Å². The Kier molecular flexibility index (Phi) is 2.41. The van der Waals surface area contributed by atoms with Crippen molar-refractivity contribution in [2.75, 3.05) is 5.32 Å². The maximum Gasteiger partial charge on any atom is 0.256 e. The second-order valence-corrected chi connectivity index (χ2v) is 7.38. The van der Waals surface area contributed by atoms with E-state index < -0.39 is 42.3 Å². The lowest BCUT2D eigenvalue weighted by Crippen LogP contribution is -2.19. The molecular weight excluding hydrogens is 332 g/mol. The van der Waals surface area contributed by atoms with Crippen LogP contribution in [0.5, 0.6) is 0 Å². The van der Waals surface area contributed by atoms with Crippen molar-refractivity contribution in [3.63, 3.8) is 0 Å². The van der Waals surface area contributed by atoms with Gasteiger partial charge in [0.2, 0.25) is 0 Å². The molecule has 136 valence electrons. The molecule has 1 aromatic heterocycles. The number of aromatic nitrogens is 1. The van der Waals surface area contributed by atoms with Crippen LogP contribution in [0.4, 0.5) is 5.69 Å². The van der Waals surface area contributed by atoms with E-state index in [0.29, 0.717) is 17.3 Å². The van der Waals surface area contributed by atoms with E-state index in [1.807, 2.05) is 0 Å². The zero-order chi connectivity index (χ0) is 25.3. The quantitative estimate of drug-likeness (QED) is 0.648. The molecule has 1 amide bonds. The fourth-order valence-corrected chi connectivity index (χ4v) is 4.57. The number of carbonyl (C=O) groups excluding carboxylic acids is 1. The van der Waals surface area contributed by atoms with Gasteiger partial charge in [-0.25, -0.2) is 0 Å². The average molecular weight is 365 g/mol. The highest BCUT2D eigenvalue weighted by atomic mass is 16.1. The summed E-state index contributed by atoms with van der Waals surface area (Å²) in [4.78, 5) is 18.0. The largest absolute Gasteiger partial charge is 0.320 e. The predicted octanol–water partition coefficient (Wildman–Crippen LogP) is 5.70. The number of fused-ring (bicyclic) bond motifs is 3. The number of hydrogen-bond donors (Lipinski definition) is 1. The topological polar surface area (TPSA) is 42.0 Å². The summed E-state index contributed by atoms with van der Waals surface area (Å²) < 4.78 is 66.7. The third-order valence-corrected chi connectivity index (χ3v) is 5.80. The van der Waals surface area contributed by atoms with Crippen molar-refractivity contribution in [3.8, 4) is 0 Å². The first-order valence-corrected chi connectivity index (χ1v) is 9.24. The van der Waals surface area contributed by atoms with E-state index in [0.717, 1.165) is 19.3 Å². The van der Waals surface area contributed by atoms with E-state index in [4.69, 9.17) is 9.60 Å². The van der Waals surface area contributed by atoms with Crippen molar-refractivity contribution in [1.82, 2.24) is 4.98 Å². The number of hydrogen-bond acceptors (Lipinski definition) is 2. The van der Waals surface area contributed by atoms with Crippen molar-refractivity contribution < 1.29 is 15.8 Å². The monoisotopic (exact) mass is 364 g/mol. The van der Waals surface area contributed by atoms with Crippen LogP contribution in [0.3, 0.4) is 0 Å². The summed E-state index contributed by atoms with van der Waals surface area (Å²) in [5, 5.41) is 3.36. The fourth-order valence-electron chi connectivity index (χ4n) is 4.57. The number of nitrogens with one attached hydrogen (secondary N) is 1. The van der Waals surface area contributed by atoms with Gasteiger partial charge in [-0.05, 0) is 67.1 Å². The normalized spacial score (nSPS) is 31.1. The van der Waals surface area contributed by atoms with Gasteiger partial charge in [0.1, 0.15) is 0 Å². The molecule has 2 saturated carbocycles. The molecule has 3 nitrogen and oxygen atoms in total. The Morgan fingerprint density at radius 3 is 3.00 bits per heavy atom. The van der Waals surface area contributed by atoms with Crippen molar-refractivity contribution in [3.05, 3.63) is 71.3 Å². The van der Waals surface area contributed by atoms with Crippen LogP contribution in [0.2, 0.25) is 0 Å². The highest BCUT2D eigenvalue weighted by Gasteiger charge is 2.41. The molecule has 2 aromatic carbocycles. The molecule has 1 N–H and O–H groups in total. The zero-order valence-electron chi connectivity index (χ0n) is 22.7. The number of amides is 1. The summed E-state index contributed by atoms with van der Waals surface area (Å²) in [5.74, 6) is -2.12. The predicted molar refractivity (Wildman–Crippen MR) is 109 cm³/mol. The Hall–Kier alpha value is -2.68. The molecule has 5 rings (SSSR count). The Bertz CT molecular complexity index is 1370. The van der Waals surface area contributed by atoms with Crippen molar-refractivity contribution in [1.29, 1.82) is 0 Å². The molecule has 3 atom stereocenters. The van der Waals surface area contributed by atoms with E-state index in [1.165, 1.54) is 6.07 Å². The third kappa shape index (κ3) is 2.82. The van der Waals surface area contributed by atoms with Crippen LogP contribution < -0.4 is 5.32 Å². The van der Waals surface area contributed by atoms with E-state index in [1.54, 1.807) is 24.3 Å². The van der Waals surface area contributed by atoms with Gasteiger partial charge >= 0.3 is 0 Å². The molecule has 0 radical (unpaired) electrons. The maximum atomic E-state index is 13.8. The maximum absolute atomic E-state index is 13.8. The van der Waals surface area contributed by atoms with E-state index in [9.17, 15) is 6.17 Å². The Morgan fingerprint density at radius 1 is 1.26 bits per heavy atom. The molecule has 2 aliphatic carbocycles. The van der Waals surface area contributed by atoms with Crippen LogP contribution in [0, 0.1) is 18.7 Å². The molecule has 2 fully saturated rings. The summed E-state index contributed by atoms with van der Waals surface area (Å²) in [6, 6.07) is 6.54. The smallest absolute Gasteiger partial charge is 0.256 e. The number of carbonyl (C=O) groups is 1.